The first-order valence-electron chi connectivity index (χ1n) is 9.70. The maximum Gasteiger partial charge on any atom is 0.251 e. The van der Waals surface area contributed by atoms with Crippen LogP contribution in [0.2, 0.25) is 0 Å². The Morgan fingerprint density at radius 2 is 1.86 bits per heavy atom. The SMILES string of the molecule is O=C1C[C@@H](NCC2CCN(Cc3cccs3)CC2)C(=O)N1c1ccc(F)cc1. The van der Waals surface area contributed by atoms with Crippen LogP contribution in [0.1, 0.15) is 24.1 Å². The van der Waals surface area contributed by atoms with Crippen molar-refractivity contribution in [2.45, 2.75) is 31.8 Å². The predicted octanol–water partition coefficient (Wildman–Crippen LogP) is 3.02. The third-order valence-electron chi connectivity index (χ3n) is 5.55. The van der Waals surface area contributed by atoms with Gasteiger partial charge < -0.3 is 5.32 Å². The Kier molecular flexibility index (Phi) is 5.85. The van der Waals surface area contributed by atoms with Crippen molar-refractivity contribution in [3.63, 3.8) is 0 Å². The van der Waals surface area contributed by atoms with Crippen molar-refractivity contribution in [2.75, 3.05) is 24.5 Å². The van der Waals surface area contributed by atoms with Crippen molar-refractivity contribution in [2.24, 2.45) is 5.92 Å². The van der Waals surface area contributed by atoms with Gasteiger partial charge >= 0.3 is 0 Å². The van der Waals surface area contributed by atoms with Gasteiger partial charge in [-0.15, -0.1) is 11.3 Å². The zero-order chi connectivity index (χ0) is 19.5. The van der Waals surface area contributed by atoms with Crippen LogP contribution in [0.5, 0.6) is 0 Å². The van der Waals surface area contributed by atoms with Crippen molar-refractivity contribution in [3.05, 3.63) is 52.5 Å². The molecule has 1 aromatic heterocycles. The molecule has 1 N–H and O–H groups in total. The van der Waals surface area contributed by atoms with E-state index < -0.39 is 6.04 Å². The van der Waals surface area contributed by atoms with Crippen LogP contribution >= 0.6 is 11.3 Å². The van der Waals surface area contributed by atoms with Gasteiger partial charge in [-0.1, -0.05) is 6.07 Å². The monoisotopic (exact) mass is 401 g/mol. The number of hydrogen-bond acceptors (Lipinski definition) is 5. The fourth-order valence-electron chi connectivity index (χ4n) is 3.93. The van der Waals surface area contributed by atoms with Gasteiger partial charge in [0, 0.05) is 11.4 Å². The number of likely N-dealkylation sites (tertiary alicyclic amines) is 1. The number of hydrogen-bond donors (Lipinski definition) is 1. The number of carbonyl (C=O) groups is 2. The minimum Gasteiger partial charge on any atom is -0.305 e. The number of nitrogens with zero attached hydrogens (tertiary/aromatic N) is 2. The molecule has 2 amide bonds. The molecule has 1 aromatic carbocycles. The lowest BCUT2D eigenvalue weighted by molar-refractivity contribution is -0.121. The first kappa shape index (κ1) is 19.2. The number of piperidine rings is 1. The van der Waals surface area contributed by atoms with Crippen LogP contribution in [-0.4, -0.2) is 42.4 Å². The fourth-order valence-corrected chi connectivity index (χ4v) is 4.68. The zero-order valence-electron chi connectivity index (χ0n) is 15.6. The highest BCUT2D eigenvalue weighted by Gasteiger charge is 2.39. The minimum atomic E-state index is -0.485. The summed E-state index contributed by atoms with van der Waals surface area (Å²) in [7, 11) is 0. The smallest absolute Gasteiger partial charge is 0.251 e. The number of carbonyl (C=O) groups excluding carboxylic acids is 2. The van der Waals surface area contributed by atoms with E-state index in [1.54, 1.807) is 11.3 Å². The quantitative estimate of drug-likeness (QED) is 0.756. The number of thiophene rings is 1. The number of anilines is 1. The Morgan fingerprint density at radius 1 is 1.11 bits per heavy atom. The normalized spacial score (nSPS) is 21.6. The summed E-state index contributed by atoms with van der Waals surface area (Å²) in [6.07, 6.45) is 2.34. The van der Waals surface area contributed by atoms with E-state index in [-0.39, 0.29) is 24.1 Å². The maximum absolute atomic E-state index is 13.1. The summed E-state index contributed by atoms with van der Waals surface area (Å²) < 4.78 is 13.1. The van der Waals surface area contributed by atoms with Gasteiger partial charge in [-0.2, -0.15) is 0 Å². The highest BCUT2D eigenvalue weighted by atomic mass is 32.1. The molecule has 7 heteroatoms. The Morgan fingerprint density at radius 3 is 2.54 bits per heavy atom. The molecular formula is C21H24FN3O2S. The molecule has 0 bridgehead atoms. The second-order valence-electron chi connectivity index (χ2n) is 7.51. The molecule has 2 aromatic rings. The van der Waals surface area contributed by atoms with Gasteiger partial charge in [-0.3, -0.25) is 14.5 Å². The van der Waals surface area contributed by atoms with Crippen molar-refractivity contribution in [1.82, 2.24) is 10.2 Å². The zero-order valence-corrected chi connectivity index (χ0v) is 16.5. The van der Waals surface area contributed by atoms with Gasteiger partial charge in [0.2, 0.25) is 5.91 Å². The van der Waals surface area contributed by atoms with Crippen molar-refractivity contribution >= 4 is 28.8 Å². The van der Waals surface area contributed by atoms with Crippen molar-refractivity contribution in [1.29, 1.82) is 0 Å². The van der Waals surface area contributed by atoms with Gasteiger partial charge in [-0.25, -0.2) is 9.29 Å². The third-order valence-corrected chi connectivity index (χ3v) is 6.41. The summed E-state index contributed by atoms with van der Waals surface area (Å²) in [6, 6.07) is 9.25. The minimum absolute atomic E-state index is 0.160. The molecule has 0 saturated carbocycles. The fraction of sp³-hybridized carbons (Fsp3) is 0.429. The van der Waals surface area contributed by atoms with E-state index in [1.165, 1.54) is 34.0 Å². The van der Waals surface area contributed by atoms with Crippen LogP contribution in [0, 0.1) is 11.7 Å². The van der Waals surface area contributed by atoms with E-state index in [4.69, 9.17) is 0 Å². The maximum atomic E-state index is 13.1. The first-order valence-corrected chi connectivity index (χ1v) is 10.6. The summed E-state index contributed by atoms with van der Waals surface area (Å²) in [5.41, 5.74) is 0.433. The Balaban J connectivity index is 1.26. The molecule has 3 heterocycles. The lowest BCUT2D eigenvalue weighted by atomic mass is 9.96. The van der Waals surface area contributed by atoms with Crippen molar-refractivity contribution in [3.8, 4) is 0 Å². The first-order chi connectivity index (χ1) is 13.6. The molecule has 2 aliphatic rings. The molecule has 0 radical (unpaired) electrons. The molecular weight excluding hydrogens is 377 g/mol. The lowest BCUT2D eigenvalue weighted by Gasteiger charge is -2.32. The van der Waals surface area contributed by atoms with E-state index in [0.717, 1.165) is 39.0 Å². The topological polar surface area (TPSA) is 52.7 Å². The van der Waals surface area contributed by atoms with E-state index >= 15 is 0 Å². The number of rotatable bonds is 6. The van der Waals surface area contributed by atoms with Crippen LogP contribution in [0.25, 0.3) is 0 Å². The molecule has 4 rings (SSSR count). The van der Waals surface area contributed by atoms with Gasteiger partial charge in [-0.05, 0) is 74.1 Å². The summed E-state index contributed by atoms with van der Waals surface area (Å²) in [6.45, 7) is 3.88. The predicted molar refractivity (Wildman–Crippen MR) is 108 cm³/mol. The Hall–Kier alpha value is -2.09. The molecule has 0 aliphatic carbocycles. The molecule has 0 unspecified atom stereocenters. The number of halogens is 1. The molecule has 2 fully saturated rings. The largest absolute Gasteiger partial charge is 0.305 e. The average Bonchev–Trinajstić information content (AvgIpc) is 3.30. The van der Waals surface area contributed by atoms with Crippen LogP contribution in [0.4, 0.5) is 10.1 Å². The number of amides is 2. The van der Waals surface area contributed by atoms with E-state index in [9.17, 15) is 14.0 Å². The van der Waals surface area contributed by atoms with Crippen LogP contribution in [0.3, 0.4) is 0 Å². The molecule has 0 spiro atoms. The molecule has 5 nitrogen and oxygen atoms in total. The van der Waals surface area contributed by atoms with Crippen molar-refractivity contribution < 1.29 is 14.0 Å². The van der Waals surface area contributed by atoms with Gasteiger partial charge in [0.15, 0.2) is 0 Å². The highest BCUT2D eigenvalue weighted by molar-refractivity contribution is 7.09. The van der Waals surface area contributed by atoms with Gasteiger partial charge in [0.25, 0.3) is 5.91 Å². The van der Waals surface area contributed by atoms with E-state index in [2.05, 4.69) is 27.7 Å². The molecule has 28 heavy (non-hydrogen) atoms. The summed E-state index contributed by atoms with van der Waals surface area (Å²) in [4.78, 5) is 30.0. The van der Waals surface area contributed by atoms with Crippen LogP contribution < -0.4 is 10.2 Å². The second kappa shape index (κ2) is 8.51. The summed E-state index contributed by atoms with van der Waals surface area (Å²) >= 11 is 1.80. The highest BCUT2D eigenvalue weighted by Crippen LogP contribution is 2.24. The molecule has 148 valence electrons. The van der Waals surface area contributed by atoms with E-state index in [1.807, 2.05) is 0 Å². The average molecular weight is 402 g/mol. The summed E-state index contributed by atoms with van der Waals surface area (Å²) in [5, 5.41) is 5.41. The molecule has 1 atom stereocenters. The third kappa shape index (κ3) is 4.32. The van der Waals surface area contributed by atoms with Crippen LogP contribution in [0.15, 0.2) is 41.8 Å². The van der Waals surface area contributed by atoms with Gasteiger partial charge in [0.1, 0.15) is 5.82 Å². The Bertz CT molecular complexity index is 817. The number of imide groups is 1. The lowest BCUT2D eigenvalue weighted by Crippen LogP contribution is -2.43. The van der Waals surface area contributed by atoms with Gasteiger partial charge in [0.05, 0.1) is 18.2 Å². The second-order valence-corrected chi connectivity index (χ2v) is 8.54. The van der Waals surface area contributed by atoms with E-state index in [0.29, 0.717) is 11.6 Å². The standard InChI is InChI=1S/C21H24FN3O2S/c22-16-3-5-17(6-4-16)25-20(26)12-19(21(25)27)23-13-15-7-9-24(10-8-15)14-18-2-1-11-28-18/h1-6,11,15,19,23H,7-10,12-14H2/t19-/m1/s1. The Labute approximate surface area is 168 Å². The van der Waals surface area contributed by atoms with Crippen LogP contribution in [-0.2, 0) is 16.1 Å². The number of benzene rings is 1. The molecule has 2 aliphatic heterocycles. The molecule has 2 saturated heterocycles. The summed E-state index contributed by atoms with van der Waals surface area (Å²) in [5.74, 6) is -0.350. The number of nitrogens with one attached hydrogen (secondary N) is 1.